The number of urea groups is 1. The molecule has 0 saturated heterocycles. The fourth-order valence-electron chi connectivity index (χ4n) is 2.79. The van der Waals surface area contributed by atoms with E-state index >= 15 is 0 Å². The second kappa shape index (κ2) is 7.86. The minimum atomic E-state index is -0.480. The van der Waals surface area contributed by atoms with Crippen molar-refractivity contribution in [1.82, 2.24) is 9.97 Å². The van der Waals surface area contributed by atoms with Crippen LogP contribution in [-0.2, 0) is 0 Å². The zero-order valence-corrected chi connectivity index (χ0v) is 16.4. The van der Waals surface area contributed by atoms with E-state index in [1.54, 1.807) is 36.4 Å². The summed E-state index contributed by atoms with van der Waals surface area (Å²) in [5.41, 5.74) is 8.76. The molecule has 2 heterocycles. The standard InChI is InChI=1S/C20H14ClN5O2S/c21-13-2-1-3-14(8-13)25-20(28)26-19-17-16(23-10-24-19)15(9-29-17)11-4-6-12(7-5-11)18(22)27/h1-10H,(H2,22,27)(H2,23,24,25,26,28). The molecule has 9 heteroatoms. The van der Waals surface area contributed by atoms with Crippen LogP contribution in [-0.4, -0.2) is 21.9 Å². The van der Waals surface area contributed by atoms with Gasteiger partial charge in [0, 0.05) is 27.2 Å². The molecule has 4 rings (SSSR count). The number of carbonyl (C=O) groups excluding carboxylic acids is 2. The highest BCUT2D eigenvalue weighted by Gasteiger charge is 2.14. The number of thiophene rings is 1. The fourth-order valence-corrected chi connectivity index (χ4v) is 3.96. The second-order valence-corrected chi connectivity index (χ2v) is 7.40. The van der Waals surface area contributed by atoms with Crippen molar-refractivity contribution in [3.05, 3.63) is 70.8 Å². The molecule has 2 aromatic heterocycles. The van der Waals surface area contributed by atoms with E-state index in [1.807, 2.05) is 17.5 Å². The molecule has 4 N–H and O–H groups in total. The first kappa shape index (κ1) is 18.9. The lowest BCUT2D eigenvalue weighted by molar-refractivity contribution is 0.100. The molecular weight excluding hydrogens is 410 g/mol. The zero-order chi connectivity index (χ0) is 20.4. The molecule has 4 aromatic rings. The Kier molecular flexibility index (Phi) is 5.11. The molecule has 29 heavy (non-hydrogen) atoms. The summed E-state index contributed by atoms with van der Waals surface area (Å²) in [6.07, 6.45) is 1.39. The number of halogens is 1. The van der Waals surface area contributed by atoms with Gasteiger partial charge in [-0.3, -0.25) is 10.1 Å². The second-order valence-electron chi connectivity index (χ2n) is 6.08. The number of anilines is 2. The molecule has 0 fully saturated rings. The van der Waals surface area contributed by atoms with Crippen LogP contribution in [0, 0.1) is 0 Å². The molecule has 0 aliphatic heterocycles. The largest absolute Gasteiger partial charge is 0.366 e. The number of aromatic nitrogens is 2. The molecule has 0 saturated carbocycles. The van der Waals surface area contributed by atoms with Crippen LogP contribution in [0.1, 0.15) is 10.4 Å². The van der Waals surface area contributed by atoms with Crippen LogP contribution < -0.4 is 16.4 Å². The summed E-state index contributed by atoms with van der Waals surface area (Å²) in [5.74, 6) is -0.0780. The van der Waals surface area contributed by atoms with E-state index in [1.165, 1.54) is 17.7 Å². The first-order chi connectivity index (χ1) is 14.0. The number of hydrogen-bond donors (Lipinski definition) is 3. The van der Waals surface area contributed by atoms with Crippen molar-refractivity contribution < 1.29 is 9.59 Å². The van der Waals surface area contributed by atoms with Crippen molar-refractivity contribution in [2.24, 2.45) is 5.73 Å². The van der Waals surface area contributed by atoms with Crippen LogP contribution >= 0.6 is 22.9 Å². The van der Waals surface area contributed by atoms with Crippen molar-refractivity contribution in [2.45, 2.75) is 0 Å². The van der Waals surface area contributed by atoms with Crippen LogP contribution in [0.15, 0.2) is 60.2 Å². The number of nitrogens with one attached hydrogen (secondary N) is 2. The van der Waals surface area contributed by atoms with E-state index in [0.717, 1.165) is 15.8 Å². The summed E-state index contributed by atoms with van der Waals surface area (Å²) in [6.45, 7) is 0. The van der Waals surface area contributed by atoms with Gasteiger partial charge in [0.05, 0.1) is 10.2 Å². The SMILES string of the molecule is NC(=O)c1ccc(-c2csc3c(NC(=O)Nc4cccc(Cl)c4)ncnc23)cc1. The van der Waals surface area contributed by atoms with E-state index < -0.39 is 11.9 Å². The van der Waals surface area contributed by atoms with Crippen molar-refractivity contribution in [3.63, 3.8) is 0 Å². The number of carbonyl (C=O) groups is 2. The lowest BCUT2D eigenvalue weighted by atomic mass is 10.1. The Labute approximate surface area is 174 Å². The molecule has 144 valence electrons. The van der Waals surface area contributed by atoms with Crippen molar-refractivity contribution in [2.75, 3.05) is 10.6 Å². The van der Waals surface area contributed by atoms with Gasteiger partial charge in [-0.25, -0.2) is 14.8 Å². The summed E-state index contributed by atoms with van der Waals surface area (Å²) in [7, 11) is 0. The van der Waals surface area contributed by atoms with Crippen molar-refractivity contribution >= 4 is 56.6 Å². The Morgan fingerprint density at radius 3 is 2.55 bits per heavy atom. The first-order valence-corrected chi connectivity index (χ1v) is 9.73. The van der Waals surface area contributed by atoms with Gasteiger partial charge < -0.3 is 11.1 Å². The maximum Gasteiger partial charge on any atom is 0.324 e. The van der Waals surface area contributed by atoms with Gasteiger partial charge in [0.25, 0.3) is 0 Å². The minimum Gasteiger partial charge on any atom is -0.366 e. The minimum absolute atomic E-state index is 0.402. The number of primary amides is 1. The lowest BCUT2D eigenvalue weighted by Crippen LogP contribution is -2.20. The number of fused-ring (bicyclic) bond motifs is 1. The number of nitrogens with zero attached hydrogens (tertiary/aromatic N) is 2. The Morgan fingerprint density at radius 2 is 1.83 bits per heavy atom. The van der Waals surface area contributed by atoms with Crippen LogP contribution in [0.3, 0.4) is 0 Å². The van der Waals surface area contributed by atoms with E-state index in [4.69, 9.17) is 17.3 Å². The Hall–Kier alpha value is -3.49. The van der Waals surface area contributed by atoms with Crippen LogP contribution in [0.5, 0.6) is 0 Å². The van der Waals surface area contributed by atoms with Gasteiger partial charge in [0.2, 0.25) is 5.91 Å². The van der Waals surface area contributed by atoms with Gasteiger partial charge in [-0.2, -0.15) is 0 Å². The normalized spacial score (nSPS) is 10.7. The topological polar surface area (TPSA) is 110 Å². The van der Waals surface area contributed by atoms with Crippen molar-refractivity contribution in [3.8, 4) is 11.1 Å². The molecule has 3 amide bonds. The summed E-state index contributed by atoms with van der Waals surface area (Å²) in [4.78, 5) is 32.2. The zero-order valence-electron chi connectivity index (χ0n) is 14.8. The molecule has 0 atom stereocenters. The summed E-state index contributed by atoms with van der Waals surface area (Å²) < 4.78 is 0.739. The van der Waals surface area contributed by atoms with E-state index in [2.05, 4.69) is 20.6 Å². The monoisotopic (exact) mass is 423 g/mol. The van der Waals surface area contributed by atoms with Crippen molar-refractivity contribution in [1.29, 1.82) is 0 Å². The molecule has 2 aromatic carbocycles. The third-order valence-electron chi connectivity index (χ3n) is 4.15. The molecule has 0 bridgehead atoms. The molecular formula is C20H14ClN5O2S. The molecule has 0 spiro atoms. The number of amides is 3. The Morgan fingerprint density at radius 1 is 1.03 bits per heavy atom. The van der Waals surface area contributed by atoms with Crippen LogP contribution in [0.2, 0.25) is 5.02 Å². The van der Waals surface area contributed by atoms with E-state index in [9.17, 15) is 9.59 Å². The summed E-state index contributed by atoms with van der Waals surface area (Å²) >= 11 is 7.35. The smallest absolute Gasteiger partial charge is 0.324 e. The maximum absolute atomic E-state index is 12.4. The predicted molar refractivity (Wildman–Crippen MR) is 115 cm³/mol. The van der Waals surface area contributed by atoms with Gasteiger partial charge in [0.1, 0.15) is 6.33 Å². The van der Waals surface area contributed by atoms with Crippen LogP contribution in [0.25, 0.3) is 21.3 Å². The highest BCUT2D eigenvalue weighted by molar-refractivity contribution is 7.18. The molecule has 0 radical (unpaired) electrons. The van der Waals surface area contributed by atoms with Gasteiger partial charge in [-0.05, 0) is 35.9 Å². The highest BCUT2D eigenvalue weighted by Crippen LogP contribution is 2.35. The number of nitrogens with two attached hydrogens (primary N) is 1. The number of rotatable bonds is 4. The number of hydrogen-bond acceptors (Lipinski definition) is 5. The van der Waals surface area contributed by atoms with Crippen LogP contribution in [0.4, 0.5) is 16.3 Å². The molecule has 0 unspecified atom stereocenters. The highest BCUT2D eigenvalue weighted by atomic mass is 35.5. The Balaban J connectivity index is 1.60. The average molecular weight is 424 g/mol. The summed E-state index contributed by atoms with van der Waals surface area (Å²) in [6, 6.07) is 13.4. The van der Waals surface area contributed by atoms with Gasteiger partial charge in [0.15, 0.2) is 5.82 Å². The number of benzene rings is 2. The Bertz CT molecular complexity index is 1220. The van der Waals surface area contributed by atoms with Gasteiger partial charge >= 0.3 is 6.03 Å². The van der Waals surface area contributed by atoms with Gasteiger partial charge in [-0.1, -0.05) is 29.8 Å². The third-order valence-corrected chi connectivity index (χ3v) is 5.36. The molecule has 0 aliphatic carbocycles. The van der Waals surface area contributed by atoms with Gasteiger partial charge in [-0.15, -0.1) is 11.3 Å². The van der Waals surface area contributed by atoms with E-state index in [-0.39, 0.29) is 0 Å². The third kappa shape index (κ3) is 4.03. The first-order valence-electron chi connectivity index (χ1n) is 8.47. The molecule has 7 nitrogen and oxygen atoms in total. The fraction of sp³-hybridized carbons (Fsp3) is 0. The summed E-state index contributed by atoms with van der Waals surface area (Å²) in [5, 5.41) is 7.92. The predicted octanol–water partition coefficient (Wildman–Crippen LogP) is 4.75. The quantitative estimate of drug-likeness (QED) is 0.439. The average Bonchev–Trinajstić information content (AvgIpc) is 3.13. The maximum atomic E-state index is 12.4. The molecule has 0 aliphatic rings. The van der Waals surface area contributed by atoms with E-state index in [0.29, 0.717) is 27.6 Å². The lowest BCUT2D eigenvalue weighted by Gasteiger charge is -2.08.